The zero-order valence-electron chi connectivity index (χ0n) is 15.4. The van der Waals surface area contributed by atoms with Gasteiger partial charge in [-0.15, -0.1) is 0 Å². The molecular weight excluding hydrogens is 342 g/mol. The van der Waals surface area contributed by atoms with Crippen LogP contribution in [0.5, 0.6) is 11.5 Å². The molecule has 0 amide bonds. The van der Waals surface area contributed by atoms with Crippen LogP contribution in [-0.2, 0) is 0 Å². The lowest BCUT2D eigenvalue weighted by Gasteiger charge is -2.11. The van der Waals surface area contributed by atoms with E-state index in [4.69, 9.17) is 4.74 Å². The molecular formula is C21H21N3O3. The number of hydrogen-bond donors (Lipinski definition) is 3. The van der Waals surface area contributed by atoms with Gasteiger partial charge in [0.15, 0.2) is 11.5 Å². The first kappa shape index (κ1) is 18.5. The maximum absolute atomic E-state index is 10.2. The Hall–Kier alpha value is -3.30. The van der Waals surface area contributed by atoms with Crippen molar-refractivity contribution in [3.05, 3.63) is 48.3 Å². The van der Waals surface area contributed by atoms with Gasteiger partial charge >= 0.3 is 0 Å². The number of fused-ring (bicyclic) bond motifs is 1. The Morgan fingerprint density at radius 2 is 2.00 bits per heavy atom. The zero-order chi connectivity index (χ0) is 19.4. The average Bonchev–Trinajstić information content (AvgIpc) is 2.61. The van der Waals surface area contributed by atoms with E-state index in [1.807, 2.05) is 31.2 Å². The van der Waals surface area contributed by atoms with E-state index in [1.165, 1.54) is 6.33 Å². The molecule has 0 unspecified atom stereocenters. The van der Waals surface area contributed by atoms with Crippen LogP contribution in [0.15, 0.2) is 42.7 Å². The first-order chi connectivity index (χ1) is 12.9. The lowest BCUT2D eigenvalue weighted by molar-refractivity contribution is 0.143. The topological polar surface area (TPSA) is 87.5 Å². The van der Waals surface area contributed by atoms with Gasteiger partial charge in [0.2, 0.25) is 0 Å². The fourth-order valence-electron chi connectivity index (χ4n) is 2.48. The Kier molecular flexibility index (Phi) is 5.15. The minimum atomic E-state index is -1.05. The van der Waals surface area contributed by atoms with Gasteiger partial charge in [0.25, 0.3) is 0 Å². The highest BCUT2D eigenvalue weighted by atomic mass is 16.5. The molecule has 0 bridgehead atoms. The number of phenols is 1. The third kappa shape index (κ3) is 4.66. The van der Waals surface area contributed by atoms with Crippen molar-refractivity contribution in [1.29, 1.82) is 0 Å². The highest BCUT2D eigenvalue weighted by Gasteiger charge is 2.11. The summed E-state index contributed by atoms with van der Waals surface area (Å²) in [6.07, 6.45) is 1.45. The number of phenolic OH excluding ortho intramolecular Hbond substituents is 1. The number of aromatic hydroxyl groups is 1. The lowest BCUT2D eigenvalue weighted by atomic mass is 10.1. The number of aliphatic hydroxyl groups is 1. The van der Waals surface area contributed by atoms with E-state index in [-0.39, 0.29) is 5.75 Å². The van der Waals surface area contributed by atoms with Gasteiger partial charge in [-0.05, 0) is 45.0 Å². The van der Waals surface area contributed by atoms with E-state index in [9.17, 15) is 10.2 Å². The summed E-state index contributed by atoms with van der Waals surface area (Å²) in [6.45, 7) is 5.58. The van der Waals surface area contributed by atoms with Crippen molar-refractivity contribution in [3.8, 4) is 23.3 Å². The van der Waals surface area contributed by atoms with Gasteiger partial charge in [-0.3, -0.25) is 0 Å². The number of aromatic nitrogens is 2. The first-order valence-corrected chi connectivity index (χ1v) is 8.59. The molecule has 0 atom stereocenters. The van der Waals surface area contributed by atoms with Crippen molar-refractivity contribution in [3.63, 3.8) is 0 Å². The minimum Gasteiger partial charge on any atom is -0.504 e. The van der Waals surface area contributed by atoms with Crippen LogP contribution in [0, 0.1) is 11.8 Å². The summed E-state index contributed by atoms with van der Waals surface area (Å²) < 4.78 is 5.41. The van der Waals surface area contributed by atoms with Crippen LogP contribution in [0.4, 0.5) is 11.5 Å². The van der Waals surface area contributed by atoms with E-state index in [1.54, 1.807) is 26.0 Å². The van der Waals surface area contributed by atoms with Gasteiger partial charge in [-0.25, -0.2) is 9.97 Å². The van der Waals surface area contributed by atoms with Crippen LogP contribution < -0.4 is 10.1 Å². The Morgan fingerprint density at radius 1 is 1.19 bits per heavy atom. The number of nitrogens with one attached hydrogen (secondary N) is 1. The molecule has 0 aliphatic carbocycles. The number of ether oxygens (including phenoxy) is 1. The molecule has 0 aliphatic rings. The Balaban J connectivity index is 1.95. The Labute approximate surface area is 157 Å². The molecule has 1 heterocycles. The van der Waals surface area contributed by atoms with E-state index in [0.29, 0.717) is 29.1 Å². The molecule has 1 aromatic heterocycles. The van der Waals surface area contributed by atoms with Crippen LogP contribution in [-0.4, -0.2) is 32.4 Å². The van der Waals surface area contributed by atoms with Crippen molar-refractivity contribution in [2.75, 3.05) is 11.9 Å². The van der Waals surface area contributed by atoms with Crippen molar-refractivity contribution < 1.29 is 14.9 Å². The summed E-state index contributed by atoms with van der Waals surface area (Å²) in [5.41, 5.74) is 1.15. The van der Waals surface area contributed by atoms with Crippen molar-refractivity contribution in [2.45, 2.75) is 26.4 Å². The van der Waals surface area contributed by atoms with Crippen LogP contribution in [0.3, 0.4) is 0 Å². The zero-order valence-corrected chi connectivity index (χ0v) is 15.4. The smallest absolute Gasteiger partial charge is 0.163 e. The fraction of sp³-hybridized carbons (Fsp3) is 0.238. The predicted octanol–water partition coefficient (Wildman–Crippen LogP) is 3.60. The van der Waals surface area contributed by atoms with E-state index in [0.717, 1.165) is 11.3 Å². The first-order valence-electron chi connectivity index (χ1n) is 8.59. The molecule has 0 saturated heterocycles. The molecule has 3 N–H and O–H groups in total. The third-order valence-electron chi connectivity index (χ3n) is 3.65. The summed E-state index contributed by atoms with van der Waals surface area (Å²) >= 11 is 0. The van der Waals surface area contributed by atoms with E-state index < -0.39 is 5.60 Å². The maximum atomic E-state index is 10.2. The van der Waals surface area contributed by atoms with Gasteiger partial charge in [-0.2, -0.15) is 0 Å². The fourth-order valence-corrected chi connectivity index (χ4v) is 2.48. The second-order valence-corrected chi connectivity index (χ2v) is 6.51. The number of hydrogen-bond acceptors (Lipinski definition) is 6. The van der Waals surface area contributed by atoms with E-state index in [2.05, 4.69) is 27.1 Å². The van der Waals surface area contributed by atoms with Gasteiger partial charge in [0.05, 0.1) is 12.1 Å². The largest absolute Gasteiger partial charge is 0.504 e. The quantitative estimate of drug-likeness (QED) is 0.614. The number of anilines is 2. The van der Waals surface area contributed by atoms with Gasteiger partial charge in [0.1, 0.15) is 17.7 Å². The van der Waals surface area contributed by atoms with Gasteiger partial charge in [0, 0.05) is 22.7 Å². The van der Waals surface area contributed by atoms with Crippen LogP contribution in [0.1, 0.15) is 26.3 Å². The maximum Gasteiger partial charge on any atom is 0.163 e. The molecule has 3 rings (SSSR count). The summed E-state index contributed by atoms with van der Waals surface area (Å²) in [6, 6.07) is 10.7. The molecule has 0 fully saturated rings. The van der Waals surface area contributed by atoms with Crippen LogP contribution >= 0.6 is 0 Å². The van der Waals surface area contributed by atoms with Crippen molar-refractivity contribution in [2.24, 2.45) is 0 Å². The molecule has 138 valence electrons. The lowest BCUT2D eigenvalue weighted by Crippen LogP contribution is -2.14. The van der Waals surface area contributed by atoms with Crippen molar-refractivity contribution >= 4 is 22.4 Å². The van der Waals surface area contributed by atoms with Crippen LogP contribution in [0.2, 0.25) is 0 Å². The summed E-state index contributed by atoms with van der Waals surface area (Å²) in [7, 11) is 0. The SMILES string of the molecule is CCOc1cc2ncnc(Nc3cccc(C#CC(C)(C)O)c3)c2cc1O. The molecule has 27 heavy (non-hydrogen) atoms. The van der Waals surface area contributed by atoms with Gasteiger partial charge in [-0.1, -0.05) is 17.9 Å². The molecule has 0 aliphatic heterocycles. The molecule has 0 spiro atoms. The molecule has 0 radical (unpaired) electrons. The molecule has 6 nitrogen and oxygen atoms in total. The number of benzene rings is 2. The predicted molar refractivity (Wildman–Crippen MR) is 105 cm³/mol. The molecule has 3 aromatic rings. The normalized spacial score (nSPS) is 11.0. The molecule has 6 heteroatoms. The Bertz CT molecular complexity index is 1030. The third-order valence-corrected chi connectivity index (χ3v) is 3.65. The monoisotopic (exact) mass is 363 g/mol. The molecule has 2 aromatic carbocycles. The van der Waals surface area contributed by atoms with Crippen molar-refractivity contribution in [1.82, 2.24) is 9.97 Å². The second kappa shape index (κ2) is 7.52. The Morgan fingerprint density at radius 3 is 2.74 bits per heavy atom. The summed E-state index contributed by atoms with van der Waals surface area (Å²) in [4.78, 5) is 8.53. The minimum absolute atomic E-state index is 0.0343. The summed E-state index contributed by atoms with van der Waals surface area (Å²) in [5.74, 6) is 6.72. The average molecular weight is 363 g/mol. The number of nitrogens with zero attached hydrogens (tertiary/aromatic N) is 2. The van der Waals surface area contributed by atoms with E-state index >= 15 is 0 Å². The standard InChI is InChI=1S/C21H21N3O3/c1-4-27-19-12-17-16(11-18(19)25)20(23-13-22-17)24-15-7-5-6-14(10-15)8-9-21(2,3)26/h5-7,10-13,25-26H,4H2,1-3H3,(H,22,23,24). The second-order valence-electron chi connectivity index (χ2n) is 6.51. The van der Waals surface area contributed by atoms with Crippen LogP contribution in [0.25, 0.3) is 10.9 Å². The number of rotatable bonds is 4. The summed E-state index contributed by atoms with van der Waals surface area (Å²) in [5, 5.41) is 23.8. The highest BCUT2D eigenvalue weighted by Crippen LogP contribution is 2.33. The van der Waals surface area contributed by atoms with Gasteiger partial charge < -0.3 is 20.3 Å². The molecule has 0 saturated carbocycles. The highest BCUT2D eigenvalue weighted by molar-refractivity contribution is 5.93.